The topological polar surface area (TPSA) is 3.24 Å². The van der Waals surface area contributed by atoms with Crippen LogP contribution in [0.1, 0.15) is 0 Å². The lowest BCUT2D eigenvalue weighted by Crippen LogP contribution is -2.11. The first-order chi connectivity index (χ1) is 26.8. The molecule has 1 heterocycles. The summed E-state index contributed by atoms with van der Waals surface area (Å²) in [5.41, 5.74) is 13.0. The molecule has 54 heavy (non-hydrogen) atoms. The molecular weight excluding hydrogens is 671 g/mol. The number of hydrogen-bond donors (Lipinski definition) is 0. The smallest absolute Gasteiger partial charge is 0.0540 e. The summed E-state index contributed by atoms with van der Waals surface area (Å²) < 4.78 is 2.66. The molecule has 1 aromatic heterocycles. The third-order valence-corrected chi connectivity index (χ3v) is 11.7. The van der Waals surface area contributed by atoms with Crippen LogP contribution >= 0.6 is 11.3 Å². The van der Waals surface area contributed by atoms with E-state index in [4.69, 9.17) is 0 Å². The van der Waals surface area contributed by atoms with Crippen molar-refractivity contribution in [1.29, 1.82) is 0 Å². The molecular formula is C52H35NS. The number of benzene rings is 9. The van der Waals surface area contributed by atoms with Crippen LogP contribution in [0.5, 0.6) is 0 Å². The van der Waals surface area contributed by atoms with Gasteiger partial charge in [-0.15, -0.1) is 11.3 Å². The Kier molecular flexibility index (Phi) is 8.09. The van der Waals surface area contributed by atoms with Gasteiger partial charge in [0, 0.05) is 37.1 Å². The van der Waals surface area contributed by atoms with Crippen LogP contribution in [0.3, 0.4) is 0 Å². The van der Waals surface area contributed by atoms with Crippen LogP contribution in [0.4, 0.5) is 17.1 Å². The van der Waals surface area contributed by atoms with E-state index < -0.39 is 0 Å². The molecule has 10 aromatic rings. The Labute approximate surface area is 319 Å². The molecule has 1 nitrogen and oxygen atoms in total. The number of hydrogen-bond acceptors (Lipinski definition) is 2. The van der Waals surface area contributed by atoms with Crippen molar-refractivity contribution in [2.75, 3.05) is 4.90 Å². The molecule has 0 saturated heterocycles. The summed E-state index contributed by atoms with van der Waals surface area (Å²) in [6.45, 7) is 0. The zero-order valence-electron chi connectivity index (χ0n) is 29.6. The Morgan fingerprint density at radius 2 is 0.907 bits per heavy atom. The predicted molar refractivity (Wildman–Crippen MR) is 233 cm³/mol. The number of anilines is 3. The van der Waals surface area contributed by atoms with Gasteiger partial charge in [0.1, 0.15) is 0 Å². The number of fused-ring (bicyclic) bond motifs is 4. The van der Waals surface area contributed by atoms with Crippen molar-refractivity contribution in [3.8, 4) is 44.5 Å². The summed E-state index contributed by atoms with van der Waals surface area (Å²) in [4.78, 5) is 2.41. The highest BCUT2D eigenvalue weighted by atomic mass is 32.1. The number of thiophene rings is 1. The van der Waals surface area contributed by atoms with E-state index in [-0.39, 0.29) is 0 Å². The first kappa shape index (κ1) is 32.0. The summed E-state index contributed by atoms with van der Waals surface area (Å²) >= 11 is 1.88. The fourth-order valence-electron chi connectivity index (χ4n) is 7.80. The van der Waals surface area contributed by atoms with Crippen molar-refractivity contribution in [1.82, 2.24) is 0 Å². The average molecular weight is 706 g/mol. The van der Waals surface area contributed by atoms with E-state index in [9.17, 15) is 0 Å². The predicted octanol–water partition coefficient (Wildman–Crippen LogP) is 15.3. The highest BCUT2D eigenvalue weighted by Gasteiger charge is 2.19. The maximum absolute atomic E-state index is 2.41. The van der Waals surface area contributed by atoms with Crippen molar-refractivity contribution in [3.05, 3.63) is 212 Å². The van der Waals surface area contributed by atoms with Crippen LogP contribution in [0.2, 0.25) is 0 Å². The molecule has 2 heteroatoms. The zero-order valence-corrected chi connectivity index (χ0v) is 30.4. The van der Waals surface area contributed by atoms with Crippen LogP contribution in [-0.4, -0.2) is 0 Å². The van der Waals surface area contributed by atoms with Gasteiger partial charge in [-0.3, -0.25) is 0 Å². The molecule has 0 aliphatic rings. The van der Waals surface area contributed by atoms with E-state index in [0.29, 0.717) is 0 Å². The van der Waals surface area contributed by atoms with Gasteiger partial charge in [-0.2, -0.15) is 0 Å². The summed E-state index contributed by atoms with van der Waals surface area (Å²) in [6, 6.07) is 77.1. The molecule has 0 aliphatic heterocycles. The quantitative estimate of drug-likeness (QED) is 0.160. The van der Waals surface area contributed by atoms with E-state index in [1.54, 1.807) is 0 Å². The van der Waals surface area contributed by atoms with Gasteiger partial charge in [0.15, 0.2) is 0 Å². The maximum Gasteiger partial charge on any atom is 0.0540 e. The molecule has 254 valence electrons. The molecule has 10 rings (SSSR count). The monoisotopic (exact) mass is 705 g/mol. The van der Waals surface area contributed by atoms with E-state index >= 15 is 0 Å². The number of para-hydroxylation sites is 1. The highest BCUT2D eigenvalue weighted by molar-refractivity contribution is 7.26. The van der Waals surface area contributed by atoms with E-state index in [2.05, 4.69) is 217 Å². The molecule has 0 atom stereocenters. The molecule has 0 bridgehead atoms. The zero-order chi connectivity index (χ0) is 35.8. The van der Waals surface area contributed by atoms with E-state index in [0.717, 1.165) is 17.1 Å². The van der Waals surface area contributed by atoms with Crippen LogP contribution in [0, 0.1) is 0 Å². The van der Waals surface area contributed by atoms with Gasteiger partial charge in [0.25, 0.3) is 0 Å². The summed E-state index contributed by atoms with van der Waals surface area (Å²) in [7, 11) is 0. The first-order valence-electron chi connectivity index (χ1n) is 18.4. The maximum atomic E-state index is 2.41. The lowest BCUT2D eigenvalue weighted by molar-refractivity contribution is 1.28. The number of nitrogens with zero attached hydrogens (tertiary/aromatic N) is 1. The van der Waals surface area contributed by atoms with Crippen molar-refractivity contribution >= 4 is 59.3 Å². The van der Waals surface area contributed by atoms with Crippen molar-refractivity contribution in [2.45, 2.75) is 0 Å². The molecule has 0 fully saturated rings. The molecule has 0 spiro atoms. The average Bonchev–Trinajstić information content (AvgIpc) is 3.64. The Balaban J connectivity index is 1.10. The van der Waals surface area contributed by atoms with Gasteiger partial charge in [-0.25, -0.2) is 0 Å². The minimum absolute atomic E-state index is 1.10. The van der Waals surface area contributed by atoms with Crippen molar-refractivity contribution < 1.29 is 0 Å². The van der Waals surface area contributed by atoms with Gasteiger partial charge >= 0.3 is 0 Å². The highest BCUT2D eigenvalue weighted by Crippen LogP contribution is 2.44. The Morgan fingerprint density at radius 1 is 0.315 bits per heavy atom. The van der Waals surface area contributed by atoms with Gasteiger partial charge in [0.2, 0.25) is 0 Å². The minimum Gasteiger partial charge on any atom is -0.310 e. The van der Waals surface area contributed by atoms with Gasteiger partial charge < -0.3 is 4.90 Å². The first-order valence-corrected chi connectivity index (χ1v) is 19.2. The SMILES string of the molecule is c1ccc(-c2ccc(N(c3cccc(-c4cccc(-c5cccc6c5sc5ccccc56)c4)c3)c3ccccc3-c3ccc4ccccc4c3)cc2)cc1. The minimum atomic E-state index is 1.10. The van der Waals surface area contributed by atoms with Gasteiger partial charge in [0.05, 0.1) is 5.69 Å². The third-order valence-electron chi connectivity index (χ3n) is 10.5. The molecule has 0 amide bonds. The molecule has 0 aliphatic carbocycles. The second-order valence-corrected chi connectivity index (χ2v) is 14.8. The van der Waals surface area contributed by atoms with Gasteiger partial charge in [-0.1, -0.05) is 164 Å². The Morgan fingerprint density at radius 3 is 1.80 bits per heavy atom. The standard InChI is InChI=1S/C52H35NS/c1-2-13-36(14-3-1)38-29-31-44(32-30-38)53(50-25-8-6-21-46(50)43-28-27-37-15-4-5-16-39(37)33-43)45-20-11-18-41(35-45)40-17-10-19-42(34-40)47-23-12-24-49-48-22-7-9-26-51(48)54-52(47)49/h1-35H. The Hall–Kier alpha value is -6.74. The van der Waals surface area contributed by atoms with E-state index in [1.165, 1.54) is 75.5 Å². The van der Waals surface area contributed by atoms with Crippen LogP contribution < -0.4 is 4.90 Å². The lowest BCUT2D eigenvalue weighted by atomic mass is 9.96. The normalized spacial score (nSPS) is 11.3. The largest absolute Gasteiger partial charge is 0.310 e. The molecule has 0 N–H and O–H groups in total. The van der Waals surface area contributed by atoms with Crippen molar-refractivity contribution in [2.24, 2.45) is 0 Å². The fourth-order valence-corrected chi connectivity index (χ4v) is 9.03. The van der Waals surface area contributed by atoms with Gasteiger partial charge in [-0.05, 0) is 98.2 Å². The molecule has 9 aromatic carbocycles. The second-order valence-electron chi connectivity index (χ2n) is 13.7. The summed E-state index contributed by atoms with van der Waals surface area (Å²) in [5, 5.41) is 5.12. The number of rotatable bonds is 7. The van der Waals surface area contributed by atoms with Crippen LogP contribution in [0.15, 0.2) is 212 Å². The molecule has 0 radical (unpaired) electrons. The fraction of sp³-hybridized carbons (Fsp3) is 0. The summed E-state index contributed by atoms with van der Waals surface area (Å²) in [5.74, 6) is 0. The second kappa shape index (κ2) is 13.7. The van der Waals surface area contributed by atoms with Crippen molar-refractivity contribution in [3.63, 3.8) is 0 Å². The third kappa shape index (κ3) is 5.84. The molecule has 0 saturated carbocycles. The van der Waals surface area contributed by atoms with E-state index in [1.807, 2.05) is 11.3 Å². The van der Waals surface area contributed by atoms with Crippen LogP contribution in [-0.2, 0) is 0 Å². The Bertz CT molecular complexity index is 2940. The van der Waals surface area contributed by atoms with Crippen LogP contribution in [0.25, 0.3) is 75.5 Å². The molecule has 0 unspecified atom stereocenters. The lowest BCUT2D eigenvalue weighted by Gasteiger charge is -2.28. The summed E-state index contributed by atoms with van der Waals surface area (Å²) in [6.07, 6.45) is 0.